The highest BCUT2D eigenvalue weighted by Gasteiger charge is 2.27. The van der Waals surface area contributed by atoms with Gasteiger partial charge in [-0.3, -0.25) is 4.79 Å². The summed E-state index contributed by atoms with van der Waals surface area (Å²) in [6.45, 7) is 0. The van der Waals surface area contributed by atoms with Crippen LogP contribution in [-0.2, 0) is 4.79 Å². The number of para-hydroxylation sites is 1. The van der Waals surface area contributed by atoms with Crippen LogP contribution in [0.1, 0.15) is 5.56 Å². The summed E-state index contributed by atoms with van der Waals surface area (Å²) in [4.78, 5) is 12.4. The molecule has 0 bridgehead atoms. The highest BCUT2D eigenvalue weighted by atomic mass is 32.2. The van der Waals surface area contributed by atoms with Crippen molar-refractivity contribution in [3.8, 4) is 11.5 Å². The van der Waals surface area contributed by atoms with Crippen molar-refractivity contribution in [2.75, 3.05) is 5.32 Å². The van der Waals surface area contributed by atoms with Gasteiger partial charge in [-0.25, -0.2) is 4.39 Å². The number of carbonyl (C=O) groups is 1. The zero-order chi connectivity index (χ0) is 16.4. The number of carbonyl (C=O) groups excluding carboxylic acids is 1. The van der Waals surface area contributed by atoms with Crippen LogP contribution in [0.3, 0.4) is 0 Å². The quantitative estimate of drug-likeness (QED) is 0.650. The molecule has 1 aliphatic heterocycles. The Kier molecular flexibility index (Phi) is 4.12. The highest BCUT2D eigenvalue weighted by molar-refractivity contribution is 8.05. The van der Waals surface area contributed by atoms with Gasteiger partial charge < -0.3 is 20.8 Å². The first-order chi connectivity index (χ1) is 11.0. The van der Waals surface area contributed by atoms with Crippen LogP contribution in [0.25, 0.3) is 6.08 Å². The van der Waals surface area contributed by atoms with Crippen LogP contribution in [0.5, 0.6) is 11.5 Å². The number of hydrogen-bond donors (Lipinski definition) is 4. The van der Waals surface area contributed by atoms with Crippen LogP contribution >= 0.6 is 11.8 Å². The van der Waals surface area contributed by atoms with Crippen molar-refractivity contribution in [1.82, 2.24) is 5.32 Å². The van der Waals surface area contributed by atoms with E-state index in [1.54, 1.807) is 18.2 Å². The van der Waals surface area contributed by atoms with E-state index in [1.165, 1.54) is 42.1 Å². The number of anilines is 1. The lowest BCUT2D eigenvalue weighted by molar-refractivity contribution is -0.116. The first-order valence-electron chi connectivity index (χ1n) is 6.75. The summed E-state index contributed by atoms with van der Waals surface area (Å²) in [7, 11) is 0. The predicted molar refractivity (Wildman–Crippen MR) is 87.3 cm³/mol. The molecule has 5 nitrogen and oxygen atoms in total. The second kappa shape index (κ2) is 6.21. The first kappa shape index (κ1) is 15.2. The third-order valence-electron chi connectivity index (χ3n) is 3.19. The molecular weight excluding hydrogens is 319 g/mol. The molecule has 0 spiro atoms. The minimum Gasteiger partial charge on any atom is -0.508 e. The average molecular weight is 332 g/mol. The molecule has 1 unspecified atom stereocenters. The van der Waals surface area contributed by atoms with Crippen molar-refractivity contribution in [1.29, 1.82) is 0 Å². The van der Waals surface area contributed by atoms with E-state index in [1.807, 2.05) is 0 Å². The molecule has 1 atom stereocenters. The first-order valence-corrected chi connectivity index (χ1v) is 7.63. The van der Waals surface area contributed by atoms with E-state index >= 15 is 0 Å². The molecule has 1 fully saturated rings. The largest absolute Gasteiger partial charge is 0.508 e. The number of benzene rings is 2. The highest BCUT2D eigenvalue weighted by Crippen LogP contribution is 2.33. The van der Waals surface area contributed by atoms with E-state index in [9.17, 15) is 19.4 Å². The van der Waals surface area contributed by atoms with E-state index in [0.717, 1.165) is 0 Å². The minimum absolute atomic E-state index is 0.0627. The van der Waals surface area contributed by atoms with E-state index < -0.39 is 11.3 Å². The van der Waals surface area contributed by atoms with Crippen molar-refractivity contribution in [3.63, 3.8) is 0 Å². The van der Waals surface area contributed by atoms with Gasteiger partial charge in [0.25, 0.3) is 5.91 Å². The lowest BCUT2D eigenvalue weighted by Crippen LogP contribution is -2.31. The molecule has 4 N–H and O–H groups in total. The third-order valence-corrected chi connectivity index (χ3v) is 4.22. The molecule has 0 radical (unpaired) electrons. The van der Waals surface area contributed by atoms with Crippen molar-refractivity contribution in [2.24, 2.45) is 0 Å². The third kappa shape index (κ3) is 3.40. The minimum atomic E-state index is -0.509. The molecule has 1 aliphatic rings. The summed E-state index contributed by atoms with van der Waals surface area (Å²) < 4.78 is 13.6. The number of thioether (sulfide) groups is 1. The Morgan fingerprint density at radius 1 is 1.22 bits per heavy atom. The van der Waals surface area contributed by atoms with Crippen LogP contribution in [0, 0.1) is 5.82 Å². The van der Waals surface area contributed by atoms with E-state index in [4.69, 9.17) is 0 Å². The lowest BCUT2D eigenvalue weighted by atomic mass is 10.2. The van der Waals surface area contributed by atoms with E-state index in [2.05, 4.69) is 10.6 Å². The zero-order valence-electron chi connectivity index (χ0n) is 11.8. The van der Waals surface area contributed by atoms with Crippen LogP contribution in [0.2, 0.25) is 0 Å². The molecule has 1 heterocycles. The maximum absolute atomic E-state index is 13.6. The molecule has 23 heavy (non-hydrogen) atoms. The van der Waals surface area contributed by atoms with Gasteiger partial charge in [-0.05, 0) is 30.3 Å². The Hall–Kier alpha value is -2.67. The zero-order valence-corrected chi connectivity index (χ0v) is 12.6. The second-order valence-electron chi connectivity index (χ2n) is 4.85. The number of phenolic OH excluding ortho intramolecular Hbond substituents is 2. The fourth-order valence-electron chi connectivity index (χ4n) is 2.08. The molecule has 7 heteroatoms. The van der Waals surface area contributed by atoms with Gasteiger partial charge in [0.15, 0.2) is 5.50 Å². The Morgan fingerprint density at radius 2 is 2.00 bits per heavy atom. The normalized spacial score (nSPS) is 18.9. The fourth-order valence-corrected chi connectivity index (χ4v) is 3.05. The fraction of sp³-hybridized carbons (Fsp3) is 0.0625. The van der Waals surface area contributed by atoms with Crippen LogP contribution in [0.15, 0.2) is 47.4 Å². The standard InChI is InChI=1S/C16H13FN2O3S/c17-11-3-1-2-4-12(11)18-16-19-15(22)14(23-16)7-9-5-6-10(20)8-13(9)21/h1-8,16,18,20-21H,(H,19,22)/b14-7-. The molecule has 0 aliphatic carbocycles. The Labute approximate surface area is 135 Å². The molecule has 2 aromatic rings. The van der Waals surface area contributed by atoms with Crippen molar-refractivity contribution in [2.45, 2.75) is 5.50 Å². The van der Waals surface area contributed by atoms with Gasteiger partial charge in [-0.15, -0.1) is 0 Å². The van der Waals surface area contributed by atoms with Gasteiger partial charge in [0.1, 0.15) is 17.3 Å². The van der Waals surface area contributed by atoms with Crippen molar-refractivity contribution < 1.29 is 19.4 Å². The van der Waals surface area contributed by atoms with E-state index in [-0.39, 0.29) is 17.4 Å². The number of aromatic hydroxyl groups is 2. The number of halogens is 1. The predicted octanol–water partition coefficient (Wildman–Crippen LogP) is 2.84. The Bertz CT molecular complexity index is 795. The summed E-state index contributed by atoms with van der Waals surface area (Å²) >= 11 is 1.18. The van der Waals surface area contributed by atoms with Crippen molar-refractivity contribution in [3.05, 3.63) is 58.8 Å². The van der Waals surface area contributed by atoms with E-state index in [0.29, 0.717) is 16.2 Å². The number of phenols is 2. The van der Waals surface area contributed by atoms with Crippen LogP contribution in [0.4, 0.5) is 10.1 Å². The Morgan fingerprint density at radius 3 is 2.74 bits per heavy atom. The maximum atomic E-state index is 13.6. The van der Waals surface area contributed by atoms with Gasteiger partial charge in [-0.1, -0.05) is 23.9 Å². The van der Waals surface area contributed by atoms with Crippen LogP contribution in [-0.4, -0.2) is 21.6 Å². The SMILES string of the molecule is O=C1NC(Nc2ccccc2F)S/C1=C\c1ccc(O)cc1O. The average Bonchev–Trinajstić information content (AvgIpc) is 2.84. The molecule has 0 aromatic heterocycles. The van der Waals surface area contributed by atoms with Crippen molar-refractivity contribution >= 4 is 29.4 Å². The molecule has 2 aromatic carbocycles. The van der Waals surface area contributed by atoms with Gasteiger partial charge in [0, 0.05) is 11.6 Å². The summed E-state index contributed by atoms with van der Waals surface area (Å²) in [5.41, 5.74) is 0.191. The molecule has 118 valence electrons. The van der Waals surface area contributed by atoms with Gasteiger partial charge in [-0.2, -0.15) is 0 Å². The van der Waals surface area contributed by atoms with Gasteiger partial charge in [0.05, 0.1) is 10.6 Å². The number of rotatable bonds is 3. The molecule has 1 amide bonds. The van der Waals surface area contributed by atoms with Crippen LogP contribution < -0.4 is 10.6 Å². The van der Waals surface area contributed by atoms with Gasteiger partial charge in [0.2, 0.25) is 0 Å². The lowest BCUT2D eigenvalue weighted by Gasteiger charge is -2.12. The summed E-state index contributed by atoms with van der Waals surface area (Å²) in [5.74, 6) is -0.920. The van der Waals surface area contributed by atoms with Gasteiger partial charge >= 0.3 is 0 Å². The summed E-state index contributed by atoms with van der Waals surface area (Å²) in [6, 6.07) is 10.3. The topological polar surface area (TPSA) is 81.6 Å². The Balaban J connectivity index is 1.77. The second-order valence-corrected chi connectivity index (χ2v) is 5.99. The number of hydrogen-bond acceptors (Lipinski definition) is 5. The molecule has 3 rings (SSSR count). The molecule has 0 saturated carbocycles. The number of nitrogens with one attached hydrogen (secondary N) is 2. The molecule has 1 saturated heterocycles. The molecular formula is C16H13FN2O3S. The smallest absolute Gasteiger partial charge is 0.260 e. The summed E-state index contributed by atoms with van der Waals surface area (Å²) in [6.07, 6.45) is 1.51. The number of amides is 1. The monoisotopic (exact) mass is 332 g/mol. The maximum Gasteiger partial charge on any atom is 0.260 e. The summed E-state index contributed by atoms with van der Waals surface area (Å²) in [5, 5.41) is 24.6.